The van der Waals surface area contributed by atoms with E-state index in [9.17, 15) is 18.8 Å². The van der Waals surface area contributed by atoms with Gasteiger partial charge in [0.1, 0.15) is 11.5 Å². The topological polar surface area (TPSA) is 128 Å². The number of carbonyl (C=O) groups is 1. The molecule has 0 fully saturated rings. The molecule has 0 atom stereocenters. The number of carboxylic acids is 1. The number of carboxylic acid groups (broad SMARTS) is 1. The Morgan fingerprint density at radius 1 is 1.05 bits per heavy atom. The van der Waals surface area contributed by atoms with Gasteiger partial charge in [-0.05, 0) is 49.2 Å². The van der Waals surface area contributed by atoms with Crippen LogP contribution in [0, 0.1) is 19.8 Å². The van der Waals surface area contributed by atoms with E-state index in [1.165, 1.54) is 22.9 Å². The van der Waals surface area contributed by atoms with Crippen molar-refractivity contribution in [3.63, 3.8) is 0 Å². The normalized spacial score (nSPS) is 10.8. The number of pyridine rings is 1. The molecule has 0 bridgehead atoms. The maximum Gasteiger partial charge on any atom is 0.354 e. The van der Waals surface area contributed by atoms with Crippen molar-refractivity contribution in [3.05, 3.63) is 104 Å². The lowest BCUT2D eigenvalue weighted by Crippen LogP contribution is -2.43. The van der Waals surface area contributed by atoms with Crippen LogP contribution in [0.25, 0.3) is 0 Å². The van der Waals surface area contributed by atoms with Gasteiger partial charge < -0.3 is 15.2 Å². The first-order chi connectivity index (χ1) is 17.7. The van der Waals surface area contributed by atoms with Crippen molar-refractivity contribution in [1.82, 2.24) is 19.1 Å². The maximum atomic E-state index is 13.4. The van der Waals surface area contributed by atoms with Crippen LogP contribution in [-0.2, 0) is 17.9 Å². The zero-order chi connectivity index (χ0) is 26.5. The van der Waals surface area contributed by atoms with Crippen molar-refractivity contribution in [2.45, 2.75) is 33.4 Å². The molecule has 4 aromatic rings. The van der Waals surface area contributed by atoms with E-state index in [-0.39, 0.29) is 24.8 Å². The summed E-state index contributed by atoms with van der Waals surface area (Å²) in [7, 11) is 0. The fraction of sp³-hybridized carbons (Fsp3) is 0.192. The second-order valence-electron chi connectivity index (χ2n) is 8.39. The molecule has 0 aliphatic heterocycles. The van der Waals surface area contributed by atoms with E-state index in [0.29, 0.717) is 17.0 Å². The average Bonchev–Trinajstić information content (AvgIpc) is 2.84. The lowest BCUT2D eigenvalue weighted by Gasteiger charge is -2.16. The number of aromatic nitrogens is 4. The Balaban J connectivity index is 1.67. The fourth-order valence-corrected chi connectivity index (χ4v) is 3.59. The summed E-state index contributed by atoms with van der Waals surface area (Å²) in [5.74, 6) is -1.03. The maximum absolute atomic E-state index is 13.4. The van der Waals surface area contributed by atoms with Gasteiger partial charge in [0.05, 0.1) is 13.0 Å². The van der Waals surface area contributed by atoms with E-state index in [1.54, 1.807) is 25.1 Å². The van der Waals surface area contributed by atoms with Crippen LogP contribution in [0.2, 0.25) is 0 Å². The highest BCUT2D eigenvalue weighted by molar-refractivity contribution is 5.66. The van der Waals surface area contributed by atoms with Gasteiger partial charge in [-0.1, -0.05) is 29.8 Å². The molecular formula is C26H24FN5O5. The minimum atomic E-state index is -1.13. The lowest BCUT2D eigenvalue weighted by atomic mass is 10.1. The minimum absolute atomic E-state index is 0.00595. The second kappa shape index (κ2) is 10.9. The first-order valence-electron chi connectivity index (χ1n) is 11.4. The van der Waals surface area contributed by atoms with Gasteiger partial charge in [-0.3, -0.25) is 9.36 Å². The zero-order valence-corrected chi connectivity index (χ0v) is 20.1. The molecule has 10 nitrogen and oxygen atoms in total. The summed E-state index contributed by atoms with van der Waals surface area (Å²) in [4.78, 5) is 44.4. The summed E-state index contributed by atoms with van der Waals surface area (Å²) in [5.41, 5.74) is 1.53. The number of ether oxygens (including phenoxy) is 1. The van der Waals surface area contributed by atoms with Gasteiger partial charge in [0, 0.05) is 24.5 Å². The quantitative estimate of drug-likeness (QED) is 0.330. The van der Waals surface area contributed by atoms with E-state index in [0.717, 1.165) is 15.7 Å². The SMILES string of the molecule is Cc1ccc(Cn2c(Nc3ccc(Oc4ccnc(F)c4)c(C)c3)nc(=O)n(CCC(=O)O)c2=O)cc1. The molecule has 190 valence electrons. The molecule has 2 N–H and O–H groups in total. The average molecular weight is 506 g/mol. The third-order valence-electron chi connectivity index (χ3n) is 5.52. The summed E-state index contributed by atoms with van der Waals surface area (Å²) in [6, 6.07) is 15.3. The number of aryl methyl sites for hydroxylation is 2. The van der Waals surface area contributed by atoms with Crippen LogP contribution >= 0.6 is 0 Å². The van der Waals surface area contributed by atoms with E-state index >= 15 is 0 Å². The number of anilines is 2. The van der Waals surface area contributed by atoms with E-state index in [1.807, 2.05) is 31.2 Å². The summed E-state index contributed by atoms with van der Waals surface area (Å²) in [5, 5.41) is 12.0. The molecule has 0 amide bonds. The highest BCUT2D eigenvalue weighted by Crippen LogP contribution is 2.28. The third kappa shape index (κ3) is 6.26. The number of rotatable bonds is 9. The Labute approximate surface area is 210 Å². The first kappa shape index (κ1) is 25.3. The smallest absolute Gasteiger partial charge is 0.354 e. The van der Waals surface area contributed by atoms with Crippen LogP contribution in [-0.4, -0.2) is 30.2 Å². The van der Waals surface area contributed by atoms with Gasteiger partial charge in [-0.2, -0.15) is 9.37 Å². The lowest BCUT2D eigenvalue weighted by molar-refractivity contribution is -0.137. The molecule has 0 radical (unpaired) electrons. The summed E-state index contributed by atoms with van der Waals surface area (Å²) < 4.78 is 21.2. The molecule has 2 aromatic heterocycles. The highest BCUT2D eigenvalue weighted by atomic mass is 19.1. The Morgan fingerprint density at radius 2 is 1.81 bits per heavy atom. The molecule has 11 heteroatoms. The van der Waals surface area contributed by atoms with Gasteiger partial charge >= 0.3 is 17.3 Å². The Hall–Kier alpha value is -4.80. The first-order valence-corrected chi connectivity index (χ1v) is 11.4. The summed E-state index contributed by atoms with van der Waals surface area (Å²) in [6.07, 6.45) is 0.906. The Bertz CT molecular complexity index is 1560. The molecule has 2 heterocycles. The highest BCUT2D eigenvalue weighted by Gasteiger charge is 2.16. The predicted molar refractivity (Wildman–Crippen MR) is 134 cm³/mol. The Kier molecular flexibility index (Phi) is 7.42. The fourth-order valence-electron chi connectivity index (χ4n) is 3.59. The van der Waals surface area contributed by atoms with Crippen LogP contribution in [0.3, 0.4) is 0 Å². The van der Waals surface area contributed by atoms with Crippen LogP contribution in [0.1, 0.15) is 23.1 Å². The monoisotopic (exact) mass is 505 g/mol. The number of benzene rings is 2. The molecule has 0 unspecified atom stereocenters. The van der Waals surface area contributed by atoms with Crippen LogP contribution < -0.4 is 21.4 Å². The van der Waals surface area contributed by atoms with Gasteiger partial charge in [-0.15, -0.1) is 0 Å². The van der Waals surface area contributed by atoms with Gasteiger partial charge in [0.15, 0.2) is 0 Å². The third-order valence-corrected chi connectivity index (χ3v) is 5.52. The largest absolute Gasteiger partial charge is 0.481 e. The summed E-state index contributed by atoms with van der Waals surface area (Å²) in [6.45, 7) is 3.54. The van der Waals surface area contributed by atoms with Crippen molar-refractivity contribution in [3.8, 4) is 11.5 Å². The predicted octanol–water partition coefficient (Wildman–Crippen LogP) is 3.61. The molecule has 2 aromatic carbocycles. The molecule has 0 saturated carbocycles. The number of halogens is 1. The number of nitrogens with zero attached hydrogens (tertiary/aromatic N) is 4. The van der Waals surface area contributed by atoms with Gasteiger partial charge in [-0.25, -0.2) is 19.1 Å². The van der Waals surface area contributed by atoms with E-state index in [4.69, 9.17) is 9.84 Å². The second-order valence-corrected chi connectivity index (χ2v) is 8.39. The number of hydrogen-bond donors (Lipinski definition) is 2. The molecule has 0 spiro atoms. The minimum Gasteiger partial charge on any atom is -0.481 e. The molecule has 0 aliphatic carbocycles. The number of hydrogen-bond acceptors (Lipinski definition) is 7. The van der Waals surface area contributed by atoms with Gasteiger partial charge in [0.25, 0.3) is 0 Å². The van der Waals surface area contributed by atoms with Crippen LogP contribution in [0.15, 0.2) is 70.4 Å². The summed E-state index contributed by atoms with van der Waals surface area (Å²) >= 11 is 0. The number of nitrogens with one attached hydrogen (secondary N) is 1. The number of aliphatic carboxylic acids is 1. The molecule has 0 aliphatic rings. The Morgan fingerprint density at radius 3 is 2.49 bits per heavy atom. The van der Waals surface area contributed by atoms with Crippen LogP contribution in [0.5, 0.6) is 11.5 Å². The molecule has 37 heavy (non-hydrogen) atoms. The zero-order valence-electron chi connectivity index (χ0n) is 20.1. The van der Waals surface area contributed by atoms with Crippen molar-refractivity contribution in [1.29, 1.82) is 0 Å². The molecular weight excluding hydrogens is 481 g/mol. The molecule has 0 saturated heterocycles. The van der Waals surface area contributed by atoms with Crippen LogP contribution in [0.4, 0.5) is 16.0 Å². The van der Waals surface area contributed by atoms with Crippen molar-refractivity contribution in [2.75, 3.05) is 5.32 Å². The van der Waals surface area contributed by atoms with E-state index < -0.39 is 29.7 Å². The standard InChI is InChI=1S/C26H24FN5O5/c1-16-3-5-18(6-4-16)15-32-24(30-25(35)31(26(32)36)12-10-23(33)34)29-19-7-8-21(17(2)13-19)37-20-9-11-28-22(27)14-20/h3-9,11,13-14H,10,12,15H2,1-2H3,(H,33,34)(H,29,30,35). The van der Waals surface area contributed by atoms with Crippen molar-refractivity contribution < 1.29 is 19.0 Å². The van der Waals surface area contributed by atoms with Gasteiger partial charge in [0.2, 0.25) is 11.9 Å². The molecule has 4 rings (SSSR count). The van der Waals surface area contributed by atoms with E-state index in [2.05, 4.69) is 15.3 Å². The van der Waals surface area contributed by atoms with Crippen molar-refractivity contribution in [2.24, 2.45) is 0 Å². The van der Waals surface area contributed by atoms with Crippen molar-refractivity contribution >= 4 is 17.6 Å².